The number of rotatable bonds is 3. The normalized spacial score (nSPS) is 37.9. The number of hydrogen-bond acceptors (Lipinski definition) is 4. The van der Waals surface area contributed by atoms with Crippen LogP contribution >= 0.6 is 0 Å². The molecule has 0 aromatic heterocycles. The summed E-state index contributed by atoms with van der Waals surface area (Å²) in [7, 11) is 0. The van der Waals surface area contributed by atoms with E-state index >= 15 is 0 Å². The molecule has 2 saturated heterocycles. The molecule has 0 saturated carbocycles. The van der Waals surface area contributed by atoms with Gasteiger partial charge in [-0.3, -0.25) is 9.59 Å². The molecule has 15 heavy (non-hydrogen) atoms. The summed E-state index contributed by atoms with van der Waals surface area (Å²) in [6, 6.07) is 0. The summed E-state index contributed by atoms with van der Waals surface area (Å²) in [6.07, 6.45) is 0.937. The van der Waals surface area contributed by atoms with E-state index < -0.39 is 23.8 Å². The fraction of sp³-hybridized carbons (Fsp3) is 0.800. The van der Waals surface area contributed by atoms with Crippen LogP contribution in [0, 0.1) is 11.8 Å². The van der Waals surface area contributed by atoms with Gasteiger partial charge in [-0.25, -0.2) is 0 Å². The van der Waals surface area contributed by atoms with E-state index in [2.05, 4.69) is 0 Å². The third-order valence-corrected chi connectivity index (χ3v) is 3.12. The summed E-state index contributed by atoms with van der Waals surface area (Å²) in [4.78, 5) is 22.6. The summed E-state index contributed by atoms with van der Waals surface area (Å²) in [5.41, 5.74) is 0. The Morgan fingerprint density at radius 3 is 2.47 bits per heavy atom. The van der Waals surface area contributed by atoms with Crippen LogP contribution in [0.2, 0.25) is 0 Å². The molecule has 1 N–H and O–H groups in total. The van der Waals surface area contributed by atoms with Crippen LogP contribution in [-0.4, -0.2) is 35.9 Å². The number of carboxylic acids is 1. The van der Waals surface area contributed by atoms with Crippen LogP contribution in [0.3, 0.4) is 0 Å². The first-order chi connectivity index (χ1) is 7.15. The maximum atomic E-state index is 11.6. The summed E-state index contributed by atoms with van der Waals surface area (Å²) in [5.74, 6) is -2.72. The molecule has 2 heterocycles. The van der Waals surface area contributed by atoms with Crippen molar-refractivity contribution < 1.29 is 24.2 Å². The first kappa shape index (κ1) is 10.4. The van der Waals surface area contributed by atoms with Crippen LogP contribution in [0.15, 0.2) is 0 Å². The molecule has 4 atom stereocenters. The standard InChI is InChI=1S/C10H14O5/c1-2-14-10(13)8-6-4-3-5(15-6)7(8)9(11)12/h5-8H,2-4H2,1H3,(H,11,12)/t5?,6-,7?,8?/m1/s1. The van der Waals surface area contributed by atoms with Crippen LogP contribution in [0.1, 0.15) is 19.8 Å². The minimum absolute atomic E-state index is 0.254. The molecule has 2 fully saturated rings. The Kier molecular flexibility index (Phi) is 2.65. The second-order valence-electron chi connectivity index (χ2n) is 3.93. The van der Waals surface area contributed by atoms with Gasteiger partial charge in [0.1, 0.15) is 0 Å². The van der Waals surface area contributed by atoms with Crippen LogP contribution in [0.25, 0.3) is 0 Å². The molecule has 0 aromatic rings. The highest BCUT2D eigenvalue weighted by atomic mass is 16.5. The number of ether oxygens (including phenoxy) is 2. The summed E-state index contributed by atoms with van der Waals surface area (Å²) < 4.78 is 10.3. The number of fused-ring (bicyclic) bond motifs is 2. The zero-order chi connectivity index (χ0) is 11.0. The molecule has 3 unspecified atom stereocenters. The predicted octanol–water partition coefficient (Wildman–Crippen LogP) is 0.428. The molecular weight excluding hydrogens is 200 g/mol. The fourth-order valence-electron chi connectivity index (χ4n) is 2.53. The molecule has 2 bridgehead atoms. The van der Waals surface area contributed by atoms with Crippen molar-refractivity contribution in [1.29, 1.82) is 0 Å². The van der Waals surface area contributed by atoms with Crippen molar-refractivity contribution in [2.75, 3.05) is 6.61 Å². The largest absolute Gasteiger partial charge is 0.481 e. The molecular formula is C10H14O5. The van der Waals surface area contributed by atoms with Gasteiger partial charge in [0, 0.05) is 0 Å². The van der Waals surface area contributed by atoms with Gasteiger partial charge >= 0.3 is 11.9 Å². The molecule has 5 heteroatoms. The first-order valence-corrected chi connectivity index (χ1v) is 5.20. The molecule has 0 amide bonds. The Balaban J connectivity index is 2.14. The van der Waals surface area contributed by atoms with Gasteiger partial charge < -0.3 is 14.6 Å². The second-order valence-corrected chi connectivity index (χ2v) is 3.93. The molecule has 5 nitrogen and oxygen atoms in total. The van der Waals surface area contributed by atoms with Gasteiger partial charge in [-0.15, -0.1) is 0 Å². The van der Waals surface area contributed by atoms with Crippen molar-refractivity contribution >= 4 is 11.9 Å². The van der Waals surface area contributed by atoms with E-state index in [4.69, 9.17) is 14.6 Å². The monoisotopic (exact) mass is 214 g/mol. The van der Waals surface area contributed by atoms with Crippen LogP contribution in [-0.2, 0) is 19.1 Å². The Morgan fingerprint density at radius 1 is 1.33 bits per heavy atom. The quantitative estimate of drug-likeness (QED) is 0.689. The highest BCUT2D eigenvalue weighted by Gasteiger charge is 2.56. The van der Waals surface area contributed by atoms with E-state index in [0.717, 1.165) is 12.8 Å². The Morgan fingerprint density at radius 2 is 1.93 bits per heavy atom. The van der Waals surface area contributed by atoms with Gasteiger partial charge in [0.05, 0.1) is 30.7 Å². The lowest BCUT2D eigenvalue weighted by atomic mass is 9.79. The van der Waals surface area contributed by atoms with E-state index in [1.807, 2.05) is 0 Å². The van der Waals surface area contributed by atoms with E-state index in [1.165, 1.54) is 0 Å². The number of carboxylic acid groups (broad SMARTS) is 1. The topological polar surface area (TPSA) is 72.8 Å². The third-order valence-electron chi connectivity index (χ3n) is 3.12. The van der Waals surface area contributed by atoms with Gasteiger partial charge in [0.15, 0.2) is 0 Å². The Labute approximate surface area is 87.4 Å². The number of carbonyl (C=O) groups is 2. The van der Waals surface area contributed by atoms with Gasteiger partial charge in [-0.1, -0.05) is 0 Å². The van der Waals surface area contributed by atoms with E-state index in [1.54, 1.807) is 6.92 Å². The minimum atomic E-state index is -0.958. The van der Waals surface area contributed by atoms with Crippen LogP contribution in [0.5, 0.6) is 0 Å². The highest BCUT2D eigenvalue weighted by Crippen LogP contribution is 2.44. The lowest BCUT2D eigenvalue weighted by Gasteiger charge is -2.22. The zero-order valence-corrected chi connectivity index (χ0v) is 8.51. The Hall–Kier alpha value is -1.10. The summed E-state index contributed by atoms with van der Waals surface area (Å²) >= 11 is 0. The van der Waals surface area contributed by atoms with Crippen LogP contribution in [0.4, 0.5) is 0 Å². The average molecular weight is 214 g/mol. The molecule has 2 aliphatic heterocycles. The lowest BCUT2D eigenvalue weighted by molar-refractivity contribution is -0.157. The predicted molar refractivity (Wildman–Crippen MR) is 49.1 cm³/mol. The van der Waals surface area contributed by atoms with Crippen molar-refractivity contribution in [3.63, 3.8) is 0 Å². The zero-order valence-electron chi connectivity index (χ0n) is 8.51. The van der Waals surface area contributed by atoms with Crippen molar-refractivity contribution in [1.82, 2.24) is 0 Å². The van der Waals surface area contributed by atoms with Crippen molar-refractivity contribution in [3.05, 3.63) is 0 Å². The maximum Gasteiger partial charge on any atom is 0.312 e. The molecule has 2 rings (SSSR count). The molecule has 0 spiro atoms. The number of hydrogen-bond donors (Lipinski definition) is 1. The van der Waals surface area contributed by atoms with E-state index in [-0.39, 0.29) is 18.8 Å². The highest BCUT2D eigenvalue weighted by molar-refractivity contribution is 5.83. The van der Waals surface area contributed by atoms with Crippen molar-refractivity contribution in [2.24, 2.45) is 11.8 Å². The third kappa shape index (κ3) is 1.61. The molecule has 0 radical (unpaired) electrons. The van der Waals surface area contributed by atoms with Gasteiger partial charge in [-0.2, -0.15) is 0 Å². The number of aliphatic carboxylic acids is 1. The van der Waals surface area contributed by atoms with Gasteiger partial charge in [-0.05, 0) is 19.8 Å². The van der Waals surface area contributed by atoms with Crippen LogP contribution < -0.4 is 0 Å². The van der Waals surface area contributed by atoms with Gasteiger partial charge in [0.2, 0.25) is 0 Å². The minimum Gasteiger partial charge on any atom is -0.481 e. The van der Waals surface area contributed by atoms with E-state index in [0.29, 0.717) is 0 Å². The van der Waals surface area contributed by atoms with Crippen molar-refractivity contribution in [2.45, 2.75) is 32.0 Å². The molecule has 0 aliphatic carbocycles. The summed E-state index contributed by atoms with van der Waals surface area (Å²) in [6.45, 7) is 1.99. The molecule has 0 aromatic carbocycles. The Bertz CT molecular complexity index is 288. The second kappa shape index (κ2) is 3.81. The van der Waals surface area contributed by atoms with Gasteiger partial charge in [0.25, 0.3) is 0 Å². The molecule has 2 aliphatic rings. The smallest absolute Gasteiger partial charge is 0.312 e. The first-order valence-electron chi connectivity index (χ1n) is 5.20. The van der Waals surface area contributed by atoms with Crippen molar-refractivity contribution in [3.8, 4) is 0 Å². The lowest BCUT2D eigenvalue weighted by Crippen LogP contribution is -2.39. The fourth-order valence-corrected chi connectivity index (χ4v) is 2.53. The SMILES string of the molecule is CCOC(=O)C1C(C(=O)O)C2CC[C@H]1O2. The summed E-state index contributed by atoms with van der Waals surface area (Å²) in [5, 5.41) is 9.04. The maximum absolute atomic E-state index is 11.6. The number of esters is 1. The average Bonchev–Trinajstić information content (AvgIpc) is 2.76. The molecule has 84 valence electrons. The number of carbonyl (C=O) groups excluding carboxylic acids is 1. The van der Waals surface area contributed by atoms with E-state index in [9.17, 15) is 9.59 Å².